The first kappa shape index (κ1) is 16.5. The summed E-state index contributed by atoms with van der Waals surface area (Å²) in [4.78, 5) is 23.6. The van der Waals surface area contributed by atoms with Gasteiger partial charge in [-0.15, -0.1) is 0 Å². The lowest BCUT2D eigenvalue weighted by Crippen LogP contribution is -2.28. The van der Waals surface area contributed by atoms with E-state index in [9.17, 15) is 9.59 Å². The molecule has 0 saturated heterocycles. The number of nitrogens with one attached hydrogen (secondary N) is 2. The summed E-state index contributed by atoms with van der Waals surface area (Å²) in [5, 5.41) is 5.52. The van der Waals surface area contributed by atoms with Gasteiger partial charge < -0.3 is 15.4 Å². The Morgan fingerprint density at radius 1 is 1.00 bits per heavy atom. The molecule has 0 radical (unpaired) electrons. The van der Waals surface area contributed by atoms with Crippen LogP contribution < -0.4 is 15.4 Å². The maximum atomic E-state index is 11.8. The van der Waals surface area contributed by atoms with Crippen LogP contribution in [0.15, 0.2) is 54.6 Å². The fourth-order valence-electron chi connectivity index (χ4n) is 2.08. The van der Waals surface area contributed by atoms with E-state index in [0.29, 0.717) is 24.4 Å². The summed E-state index contributed by atoms with van der Waals surface area (Å²) in [7, 11) is 1.57. The number of benzene rings is 2. The minimum atomic E-state index is -0.154. The normalized spacial score (nSPS) is 9.96. The summed E-state index contributed by atoms with van der Waals surface area (Å²) in [5.74, 6) is 0.433. The highest BCUT2D eigenvalue weighted by molar-refractivity contribution is 5.91. The van der Waals surface area contributed by atoms with Gasteiger partial charge in [0.1, 0.15) is 5.75 Å². The molecule has 120 valence electrons. The van der Waals surface area contributed by atoms with Crippen molar-refractivity contribution >= 4 is 17.5 Å². The fourth-order valence-corrected chi connectivity index (χ4v) is 2.08. The van der Waals surface area contributed by atoms with Crippen molar-refractivity contribution in [3.05, 3.63) is 60.2 Å². The topological polar surface area (TPSA) is 67.4 Å². The summed E-state index contributed by atoms with van der Waals surface area (Å²) in [6.45, 7) is 0.307. The SMILES string of the molecule is COc1cccc(NC(=O)CCNC(=O)Cc2ccccc2)c1. The van der Waals surface area contributed by atoms with Gasteiger partial charge in [-0.1, -0.05) is 36.4 Å². The molecular formula is C18H20N2O3. The monoisotopic (exact) mass is 312 g/mol. The first-order valence-electron chi connectivity index (χ1n) is 7.42. The zero-order valence-electron chi connectivity index (χ0n) is 13.0. The number of hydrogen-bond donors (Lipinski definition) is 2. The molecule has 0 bridgehead atoms. The predicted molar refractivity (Wildman–Crippen MR) is 89.4 cm³/mol. The largest absolute Gasteiger partial charge is 0.497 e. The lowest BCUT2D eigenvalue weighted by atomic mass is 10.1. The third-order valence-corrected chi connectivity index (χ3v) is 3.24. The fraction of sp³-hybridized carbons (Fsp3) is 0.222. The van der Waals surface area contributed by atoms with Crippen molar-refractivity contribution < 1.29 is 14.3 Å². The molecule has 0 unspecified atom stereocenters. The first-order chi connectivity index (χ1) is 11.2. The van der Waals surface area contributed by atoms with Crippen molar-refractivity contribution in [3.63, 3.8) is 0 Å². The van der Waals surface area contributed by atoms with Crippen molar-refractivity contribution in [1.29, 1.82) is 0 Å². The van der Waals surface area contributed by atoms with Crippen molar-refractivity contribution in [2.75, 3.05) is 19.0 Å². The van der Waals surface area contributed by atoms with Crippen LogP contribution >= 0.6 is 0 Å². The van der Waals surface area contributed by atoms with Gasteiger partial charge in [0.05, 0.1) is 13.5 Å². The molecule has 0 aliphatic rings. The lowest BCUT2D eigenvalue weighted by Gasteiger charge is -2.08. The van der Waals surface area contributed by atoms with E-state index in [0.717, 1.165) is 5.56 Å². The van der Waals surface area contributed by atoms with Gasteiger partial charge in [0, 0.05) is 24.7 Å². The van der Waals surface area contributed by atoms with Crippen LogP contribution in [0.25, 0.3) is 0 Å². The predicted octanol–water partition coefficient (Wildman–Crippen LogP) is 2.38. The maximum Gasteiger partial charge on any atom is 0.226 e. The average Bonchev–Trinajstić information content (AvgIpc) is 2.56. The molecule has 0 fully saturated rings. The highest BCUT2D eigenvalue weighted by atomic mass is 16.5. The van der Waals surface area contributed by atoms with Gasteiger partial charge in [0.2, 0.25) is 11.8 Å². The van der Waals surface area contributed by atoms with Gasteiger partial charge in [0.15, 0.2) is 0 Å². The van der Waals surface area contributed by atoms with Crippen molar-refractivity contribution in [2.24, 2.45) is 0 Å². The Morgan fingerprint density at radius 3 is 2.52 bits per heavy atom. The van der Waals surface area contributed by atoms with Crippen LogP contribution in [0.3, 0.4) is 0 Å². The van der Waals surface area contributed by atoms with Gasteiger partial charge in [-0.2, -0.15) is 0 Å². The van der Waals surface area contributed by atoms with Crippen molar-refractivity contribution in [3.8, 4) is 5.75 Å². The molecular weight excluding hydrogens is 292 g/mol. The van der Waals surface area contributed by atoms with Crippen LogP contribution in [0.2, 0.25) is 0 Å². The van der Waals surface area contributed by atoms with Crippen LogP contribution in [0.5, 0.6) is 5.75 Å². The minimum Gasteiger partial charge on any atom is -0.497 e. The maximum absolute atomic E-state index is 11.8. The van der Waals surface area contributed by atoms with Gasteiger partial charge in [0.25, 0.3) is 0 Å². The van der Waals surface area contributed by atoms with E-state index < -0.39 is 0 Å². The molecule has 2 rings (SSSR count). The highest BCUT2D eigenvalue weighted by Gasteiger charge is 2.06. The van der Waals surface area contributed by atoms with E-state index in [1.165, 1.54) is 0 Å². The van der Waals surface area contributed by atoms with Gasteiger partial charge >= 0.3 is 0 Å². The number of methoxy groups -OCH3 is 1. The number of ether oxygens (including phenoxy) is 1. The molecule has 2 amide bonds. The molecule has 0 aliphatic heterocycles. The van der Waals surface area contributed by atoms with Gasteiger partial charge in [-0.3, -0.25) is 9.59 Å². The number of carbonyl (C=O) groups excluding carboxylic acids is 2. The van der Waals surface area contributed by atoms with Crippen LogP contribution in [0.4, 0.5) is 5.69 Å². The number of carbonyl (C=O) groups is 2. The van der Waals surface area contributed by atoms with E-state index in [1.807, 2.05) is 30.3 Å². The third kappa shape index (κ3) is 5.82. The molecule has 2 N–H and O–H groups in total. The molecule has 5 heteroatoms. The molecule has 0 aliphatic carbocycles. The zero-order valence-corrected chi connectivity index (χ0v) is 13.0. The second kappa shape index (κ2) is 8.58. The van der Waals surface area contributed by atoms with Crippen LogP contribution in [-0.4, -0.2) is 25.5 Å². The Labute approximate surface area is 135 Å². The summed E-state index contributed by atoms with van der Waals surface area (Å²) in [5.41, 5.74) is 1.62. The second-order valence-electron chi connectivity index (χ2n) is 5.04. The van der Waals surface area contributed by atoms with Gasteiger partial charge in [-0.05, 0) is 17.7 Å². The Bertz CT molecular complexity index is 656. The number of amides is 2. The van der Waals surface area contributed by atoms with E-state index in [1.54, 1.807) is 31.4 Å². The summed E-state index contributed by atoms with van der Waals surface area (Å²) >= 11 is 0. The minimum absolute atomic E-state index is 0.0922. The molecule has 2 aromatic rings. The smallest absolute Gasteiger partial charge is 0.226 e. The van der Waals surface area contributed by atoms with E-state index in [4.69, 9.17) is 4.74 Å². The Balaban J connectivity index is 1.71. The average molecular weight is 312 g/mol. The van der Waals surface area contributed by atoms with Crippen molar-refractivity contribution in [1.82, 2.24) is 5.32 Å². The van der Waals surface area contributed by atoms with Crippen LogP contribution in [0.1, 0.15) is 12.0 Å². The molecule has 0 spiro atoms. The molecule has 0 heterocycles. The highest BCUT2D eigenvalue weighted by Crippen LogP contribution is 2.16. The third-order valence-electron chi connectivity index (χ3n) is 3.24. The standard InChI is InChI=1S/C18H20N2O3/c1-23-16-9-5-8-15(13-16)20-17(21)10-11-19-18(22)12-14-6-3-2-4-7-14/h2-9,13H,10-12H2,1H3,(H,19,22)(H,20,21). The molecule has 2 aromatic carbocycles. The van der Waals surface area contributed by atoms with Crippen LogP contribution in [0, 0.1) is 0 Å². The number of hydrogen-bond acceptors (Lipinski definition) is 3. The van der Waals surface area contributed by atoms with Crippen LogP contribution in [-0.2, 0) is 16.0 Å². The lowest BCUT2D eigenvalue weighted by molar-refractivity contribution is -0.120. The number of rotatable bonds is 7. The summed E-state index contributed by atoms with van der Waals surface area (Å²) in [6.07, 6.45) is 0.538. The first-order valence-corrected chi connectivity index (χ1v) is 7.42. The number of anilines is 1. The molecule has 23 heavy (non-hydrogen) atoms. The van der Waals surface area contributed by atoms with Crippen molar-refractivity contribution in [2.45, 2.75) is 12.8 Å². The Morgan fingerprint density at radius 2 is 1.78 bits per heavy atom. The summed E-state index contributed by atoms with van der Waals surface area (Å²) in [6, 6.07) is 16.6. The molecule has 0 saturated carbocycles. The Hall–Kier alpha value is -2.82. The van der Waals surface area contributed by atoms with E-state index >= 15 is 0 Å². The van der Waals surface area contributed by atoms with E-state index in [-0.39, 0.29) is 18.2 Å². The zero-order chi connectivity index (χ0) is 16.5. The summed E-state index contributed by atoms with van der Waals surface area (Å²) < 4.78 is 5.10. The van der Waals surface area contributed by atoms with Gasteiger partial charge in [-0.25, -0.2) is 0 Å². The quantitative estimate of drug-likeness (QED) is 0.825. The Kier molecular flexibility index (Phi) is 6.17. The molecule has 5 nitrogen and oxygen atoms in total. The molecule has 0 aromatic heterocycles. The molecule has 0 atom stereocenters. The van der Waals surface area contributed by atoms with E-state index in [2.05, 4.69) is 10.6 Å². The second-order valence-corrected chi connectivity index (χ2v) is 5.04.